The van der Waals surface area contributed by atoms with Crippen molar-refractivity contribution >= 4 is 27.0 Å². The molecule has 5 rings (SSSR count). The Labute approximate surface area is 172 Å². The van der Waals surface area contributed by atoms with E-state index in [1.807, 2.05) is 18.2 Å². The highest BCUT2D eigenvalue weighted by Crippen LogP contribution is 2.31. The number of para-hydroxylation sites is 2. The molecule has 28 heavy (non-hydrogen) atoms. The molecule has 0 aliphatic rings. The molecule has 0 radical (unpaired) electrons. The molecule has 0 aliphatic heterocycles. The van der Waals surface area contributed by atoms with Gasteiger partial charge in [-0.05, 0) is 47.5 Å². The van der Waals surface area contributed by atoms with Crippen molar-refractivity contribution in [3.63, 3.8) is 0 Å². The number of aromatic nitrogens is 2. The molecule has 3 heteroatoms. The Balaban J connectivity index is 1.75. The molecule has 0 bridgehead atoms. The van der Waals surface area contributed by atoms with Crippen molar-refractivity contribution in [3.8, 4) is 28.2 Å². The van der Waals surface area contributed by atoms with Crippen molar-refractivity contribution < 1.29 is 0 Å². The molecule has 0 saturated carbocycles. The van der Waals surface area contributed by atoms with E-state index in [0.29, 0.717) is 0 Å². The molecule has 1 aromatic heterocycles. The van der Waals surface area contributed by atoms with Crippen LogP contribution in [-0.4, -0.2) is 9.55 Å². The third kappa shape index (κ3) is 3.04. The van der Waals surface area contributed by atoms with Gasteiger partial charge in [0.25, 0.3) is 0 Å². The molecule has 0 spiro atoms. The largest absolute Gasteiger partial charge is 0.292 e. The van der Waals surface area contributed by atoms with Crippen LogP contribution in [0.2, 0.25) is 0 Å². The molecule has 5 aromatic rings. The SMILES string of the molecule is Brc1cccc(-c2cccc(-n3c(-c4ccccc4)nc4ccccc43)c2)c1. The first-order valence-electron chi connectivity index (χ1n) is 9.19. The van der Waals surface area contributed by atoms with Gasteiger partial charge in [0, 0.05) is 15.7 Å². The molecule has 134 valence electrons. The lowest BCUT2D eigenvalue weighted by atomic mass is 10.0. The molecular formula is C25H17BrN2. The van der Waals surface area contributed by atoms with Crippen LogP contribution in [0.25, 0.3) is 39.2 Å². The van der Waals surface area contributed by atoms with E-state index in [2.05, 4.69) is 105 Å². The highest BCUT2D eigenvalue weighted by Gasteiger charge is 2.14. The van der Waals surface area contributed by atoms with Gasteiger partial charge in [-0.1, -0.05) is 82.7 Å². The summed E-state index contributed by atoms with van der Waals surface area (Å²) < 4.78 is 3.32. The Kier molecular flexibility index (Phi) is 4.30. The van der Waals surface area contributed by atoms with Gasteiger partial charge in [-0.3, -0.25) is 4.57 Å². The van der Waals surface area contributed by atoms with E-state index in [-0.39, 0.29) is 0 Å². The lowest BCUT2D eigenvalue weighted by Gasteiger charge is -2.12. The van der Waals surface area contributed by atoms with Gasteiger partial charge in [0.15, 0.2) is 0 Å². The van der Waals surface area contributed by atoms with Crippen molar-refractivity contribution in [2.75, 3.05) is 0 Å². The molecule has 0 fully saturated rings. The summed E-state index contributed by atoms with van der Waals surface area (Å²) in [6, 6.07) is 35.6. The molecular weight excluding hydrogens is 408 g/mol. The predicted molar refractivity (Wildman–Crippen MR) is 120 cm³/mol. The Bertz CT molecular complexity index is 1270. The van der Waals surface area contributed by atoms with Crippen LogP contribution in [0.4, 0.5) is 0 Å². The van der Waals surface area contributed by atoms with Crippen molar-refractivity contribution in [1.29, 1.82) is 0 Å². The standard InChI is InChI=1S/C25H17BrN2/c26-21-12-6-10-19(16-21)20-11-7-13-22(17-20)28-24-15-5-4-14-23(24)27-25(28)18-8-2-1-3-9-18/h1-17H. The Hall–Kier alpha value is -3.17. The summed E-state index contributed by atoms with van der Waals surface area (Å²) in [6.07, 6.45) is 0. The minimum Gasteiger partial charge on any atom is -0.292 e. The average Bonchev–Trinajstić information content (AvgIpc) is 3.14. The molecule has 0 atom stereocenters. The van der Waals surface area contributed by atoms with Crippen LogP contribution in [0.5, 0.6) is 0 Å². The Morgan fingerprint density at radius 3 is 2.11 bits per heavy atom. The van der Waals surface area contributed by atoms with Crippen LogP contribution in [0.3, 0.4) is 0 Å². The fourth-order valence-electron chi connectivity index (χ4n) is 3.56. The van der Waals surface area contributed by atoms with Crippen LogP contribution in [0.1, 0.15) is 0 Å². The summed E-state index contributed by atoms with van der Waals surface area (Å²) in [6.45, 7) is 0. The summed E-state index contributed by atoms with van der Waals surface area (Å²) in [5, 5.41) is 0. The second kappa shape index (κ2) is 7.10. The number of halogens is 1. The zero-order chi connectivity index (χ0) is 18.9. The molecule has 2 nitrogen and oxygen atoms in total. The summed E-state index contributed by atoms with van der Waals surface area (Å²) >= 11 is 3.58. The van der Waals surface area contributed by atoms with Crippen LogP contribution < -0.4 is 0 Å². The summed E-state index contributed by atoms with van der Waals surface area (Å²) in [7, 11) is 0. The van der Waals surface area contributed by atoms with Crippen LogP contribution >= 0.6 is 15.9 Å². The van der Waals surface area contributed by atoms with Gasteiger partial charge in [0.05, 0.1) is 11.0 Å². The van der Waals surface area contributed by atoms with Crippen molar-refractivity contribution in [2.24, 2.45) is 0 Å². The topological polar surface area (TPSA) is 17.8 Å². The monoisotopic (exact) mass is 424 g/mol. The fourth-order valence-corrected chi connectivity index (χ4v) is 3.96. The van der Waals surface area contributed by atoms with Crippen molar-refractivity contribution in [3.05, 3.63) is 108 Å². The van der Waals surface area contributed by atoms with E-state index < -0.39 is 0 Å². The van der Waals surface area contributed by atoms with Gasteiger partial charge < -0.3 is 0 Å². The Morgan fingerprint density at radius 2 is 1.29 bits per heavy atom. The normalized spacial score (nSPS) is 11.0. The molecule has 0 saturated heterocycles. The highest BCUT2D eigenvalue weighted by atomic mass is 79.9. The van der Waals surface area contributed by atoms with E-state index in [9.17, 15) is 0 Å². The third-order valence-corrected chi connectivity index (χ3v) is 5.35. The smallest absolute Gasteiger partial charge is 0.145 e. The maximum Gasteiger partial charge on any atom is 0.145 e. The first-order valence-corrected chi connectivity index (χ1v) is 9.98. The van der Waals surface area contributed by atoms with E-state index in [4.69, 9.17) is 4.98 Å². The minimum atomic E-state index is 0.952. The molecule has 1 heterocycles. The minimum absolute atomic E-state index is 0.952. The third-order valence-electron chi connectivity index (χ3n) is 4.86. The van der Waals surface area contributed by atoms with Crippen molar-refractivity contribution in [1.82, 2.24) is 9.55 Å². The fraction of sp³-hybridized carbons (Fsp3) is 0. The number of hydrogen-bond donors (Lipinski definition) is 0. The van der Waals surface area contributed by atoms with Gasteiger partial charge in [0.2, 0.25) is 0 Å². The van der Waals surface area contributed by atoms with Gasteiger partial charge >= 0.3 is 0 Å². The highest BCUT2D eigenvalue weighted by molar-refractivity contribution is 9.10. The summed E-state index contributed by atoms with van der Waals surface area (Å²) in [4.78, 5) is 4.93. The molecule has 0 aliphatic carbocycles. The van der Waals surface area contributed by atoms with Crippen LogP contribution in [0.15, 0.2) is 108 Å². The van der Waals surface area contributed by atoms with Crippen LogP contribution in [0, 0.1) is 0 Å². The number of rotatable bonds is 3. The molecule has 0 amide bonds. The number of hydrogen-bond acceptors (Lipinski definition) is 1. The second-order valence-corrected chi connectivity index (χ2v) is 7.60. The van der Waals surface area contributed by atoms with Crippen molar-refractivity contribution in [2.45, 2.75) is 0 Å². The lowest BCUT2D eigenvalue weighted by Crippen LogP contribution is -1.97. The van der Waals surface area contributed by atoms with Crippen LogP contribution in [-0.2, 0) is 0 Å². The summed E-state index contributed by atoms with van der Waals surface area (Å²) in [5.41, 5.74) is 6.66. The lowest BCUT2D eigenvalue weighted by molar-refractivity contribution is 1.10. The van der Waals surface area contributed by atoms with E-state index >= 15 is 0 Å². The predicted octanol–water partition coefficient (Wildman–Crippen LogP) is 7.12. The zero-order valence-electron chi connectivity index (χ0n) is 15.1. The van der Waals surface area contributed by atoms with E-state index in [1.54, 1.807) is 0 Å². The maximum atomic E-state index is 4.93. The number of nitrogens with zero attached hydrogens (tertiary/aromatic N) is 2. The van der Waals surface area contributed by atoms with Gasteiger partial charge in [-0.2, -0.15) is 0 Å². The Morgan fingerprint density at radius 1 is 0.607 bits per heavy atom. The van der Waals surface area contributed by atoms with Gasteiger partial charge in [-0.25, -0.2) is 4.98 Å². The number of fused-ring (bicyclic) bond motifs is 1. The molecule has 0 N–H and O–H groups in total. The maximum absolute atomic E-state index is 4.93. The number of imidazole rings is 1. The average molecular weight is 425 g/mol. The van der Waals surface area contributed by atoms with E-state index in [1.165, 1.54) is 11.1 Å². The molecule has 4 aromatic carbocycles. The zero-order valence-corrected chi connectivity index (χ0v) is 16.7. The number of benzene rings is 4. The van der Waals surface area contributed by atoms with E-state index in [0.717, 1.165) is 32.6 Å². The first-order chi connectivity index (χ1) is 13.8. The molecule has 0 unspecified atom stereocenters. The van der Waals surface area contributed by atoms with Gasteiger partial charge in [-0.15, -0.1) is 0 Å². The quantitative estimate of drug-likeness (QED) is 0.301. The van der Waals surface area contributed by atoms with Gasteiger partial charge in [0.1, 0.15) is 5.82 Å². The summed E-state index contributed by atoms with van der Waals surface area (Å²) in [5.74, 6) is 0.952. The second-order valence-electron chi connectivity index (χ2n) is 6.69. The first kappa shape index (κ1) is 17.0.